The van der Waals surface area contributed by atoms with Crippen LogP contribution in [0.1, 0.15) is 12.6 Å². The van der Waals surface area contributed by atoms with E-state index in [2.05, 4.69) is 24.0 Å². The molecular weight excluding hydrogens is 443 g/mol. The van der Waals surface area contributed by atoms with Gasteiger partial charge in [-0.15, -0.1) is 0 Å². The molecule has 0 radical (unpaired) electrons. The number of aliphatic hydroxyl groups excluding tert-OH is 2. The van der Waals surface area contributed by atoms with Crippen molar-refractivity contribution in [3.05, 3.63) is 12.7 Å². The highest BCUT2D eigenvalue weighted by atomic mass is 31.2. The van der Waals surface area contributed by atoms with Crippen LogP contribution in [-0.2, 0) is 27.9 Å². The predicted molar refractivity (Wildman–Crippen MR) is 97.8 cm³/mol. The number of carboxylic acids is 1. The van der Waals surface area contributed by atoms with Gasteiger partial charge in [-0.3, -0.25) is 23.6 Å². The number of aliphatic carboxylic acids is 1. The zero-order chi connectivity index (χ0) is 22.9. The summed E-state index contributed by atoms with van der Waals surface area (Å²) in [7, 11) is -4.99. The number of nitrogen functional groups attached to an aromatic ring is 1. The number of nitrogens with two attached hydrogens (primary N) is 2. The number of phosphoric ester groups is 1. The van der Waals surface area contributed by atoms with Crippen molar-refractivity contribution in [2.75, 3.05) is 12.3 Å². The van der Waals surface area contributed by atoms with Gasteiger partial charge in [0.15, 0.2) is 17.7 Å². The van der Waals surface area contributed by atoms with Crippen molar-refractivity contribution in [3.8, 4) is 0 Å². The van der Waals surface area contributed by atoms with Gasteiger partial charge in [-0.25, -0.2) is 19.5 Å². The van der Waals surface area contributed by atoms with Crippen LogP contribution in [0.5, 0.6) is 0 Å². The summed E-state index contributed by atoms with van der Waals surface area (Å²) in [4.78, 5) is 43.5. The van der Waals surface area contributed by atoms with E-state index in [9.17, 15) is 29.3 Å². The quantitative estimate of drug-likeness (QED) is 0.221. The molecule has 3 heterocycles. The molecule has 170 valence electrons. The Balaban J connectivity index is 1.64. The van der Waals surface area contributed by atoms with E-state index in [1.165, 1.54) is 17.2 Å². The standard InChI is InChI=1S/C14H19N6O10P/c15-5(14(24)25)1-7(21)30-31(26,27)28-2-6-9(22)10(23)13(29-6)20-4-19-8-11(16)17-3-18-12(8)20/h3-6,9-10,13,22-23H,1-2,15H2,(H,24,25)(H,26,27)(H2,16,17,18)/t5-,6+,9+,10+,13+/m0/s1. The van der Waals surface area contributed by atoms with Gasteiger partial charge >= 0.3 is 19.8 Å². The molecule has 3 rings (SSSR count). The normalized spacial score (nSPS) is 26.5. The molecule has 6 atom stereocenters. The van der Waals surface area contributed by atoms with E-state index in [1.54, 1.807) is 0 Å². The zero-order valence-electron chi connectivity index (χ0n) is 15.6. The number of aromatic nitrogens is 4. The smallest absolute Gasteiger partial charge is 0.480 e. The maximum Gasteiger partial charge on any atom is 0.529 e. The van der Waals surface area contributed by atoms with Gasteiger partial charge in [0.1, 0.15) is 36.2 Å². The fourth-order valence-corrected chi connectivity index (χ4v) is 3.50. The summed E-state index contributed by atoms with van der Waals surface area (Å²) >= 11 is 0. The molecule has 1 aliphatic rings. The van der Waals surface area contributed by atoms with Gasteiger partial charge in [-0.05, 0) is 0 Å². The van der Waals surface area contributed by atoms with Crippen LogP contribution < -0.4 is 11.5 Å². The third kappa shape index (κ3) is 4.96. The van der Waals surface area contributed by atoms with E-state index in [4.69, 9.17) is 21.3 Å². The number of anilines is 1. The van der Waals surface area contributed by atoms with E-state index in [0.29, 0.717) is 0 Å². The third-order valence-corrected chi connectivity index (χ3v) is 5.23. The number of fused-ring (bicyclic) bond motifs is 1. The van der Waals surface area contributed by atoms with Gasteiger partial charge < -0.3 is 36.0 Å². The zero-order valence-corrected chi connectivity index (χ0v) is 16.5. The number of hydrogen-bond acceptors (Lipinski definition) is 13. The van der Waals surface area contributed by atoms with Crippen molar-refractivity contribution in [1.29, 1.82) is 0 Å². The Morgan fingerprint density at radius 2 is 2.00 bits per heavy atom. The first-order valence-corrected chi connectivity index (χ1v) is 10.1. The minimum absolute atomic E-state index is 0.0855. The van der Waals surface area contributed by atoms with Crippen LogP contribution >= 0.6 is 7.82 Å². The summed E-state index contributed by atoms with van der Waals surface area (Å²) in [5, 5.41) is 29.1. The molecule has 1 aliphatic heterocycles. The molecule has 1 saturated heterocycles. The first kappa shape index (κ1) is 23.0. The predicted octanol–water partition coefficient (Wildman–Crippen LogP) is -2.51. The molecule has 0 aromatic carbocycles. The second kappa shape index (κ2) is 8.80. The van der Waals surface area contributed by atoms with Crippen molar-refractivity contribution in [2.24, 2.45) is 5.73 Å². The van der Waals surface area contributed by atoms with Gasteiger partial charge in [-0.1, -0.05) is 0 Å². The van der Waals surface area contributed by atoms with Crippen LogP contribution in [0.15, 0.2) is 12.7 Å². The van der Waals surface area contributed by atoms with E-state index >= 15 is 0 Å². The van der Waals surface area contributed by atoms with Crippen LogP contribution in [0.4, 0.5) is 5.82 Å². The Bertz CT molecular complexity index is 1030. The fraction of sp³-hybridized carbons (Fsp3) is 0.500. The van der Waals surface area contributed by atoms with Gasteiger partial charge in [0.2, 0.25) is 0 Å². The molecule has 17 heteroatoms. The van der Waals surface area contributed by atoms with E-state index < -0.39 is 63.4 Å². The van der Waals surface area contributed by atoms with Crippen LogP contribution in [0.25, 0.3) is 11.2 Å². The fourth-order valence-electron chi connectivity index (χ4n) is 2.78. The first-order chi connectivity index (χ1) is 14.5. The Hall–Kier alpha value is -2.72. The summed E-state index contributed by atoms with van der Waals surface area (Å²) in [5.41, 5.74) is 11.3. The number of hydrogen-bond donors (Lipinski definition) is 6. The summed E-state index contributed by atoms with van der Waals surface area (Å²) < 4.78 is 27.5. The number of ether oxygens (including phenoxy) is 1. The van der Waals surface area contributed by atoms with Crippen molar-refractivity contribution >= 4 is 36.7 Å². The number of imidazole rings is 1. The molecule has 0 spiro atoms. The molecule has 0 aliphatic carbocycles. The summed E-state index contributed by atoms with van der Waals surface area (Å²) in [6.07, 6.45) is -4.01. The Labute approximate surface area is 173 Å². The maximum atomic E-state index is 11.9. The lowest BCUT2D eigenvalue weighted by atomic mass is 10.1. The topological polar surface area (TPSA) is 255 Å². The molecular formula is C14H19N6O10P. The number of nitrogens with zero attached hydrogens (tertiary/aromatic N) is 4. The van der Waals surface area contributed by atoms with Crippen molar-refractivity contribution in [3.63, 3.8) is 0 Å². The van der Waals surface area contributed by atoms with Crippen LogP contribution in [-0.4, -0.2) is 82.6 Å². The minimum Gasteiger partial charge on any atom is -0.480 e. The van der Waals surface area contributed by atoms with Crippen LogP contribution in [0, 0.1) is 0 Å². The Morgan fingerprint density at radius 1 is 1.29 bits per heavy atom. The van der Waals surface area contributed by atoms with Crippen LogP contribution in [0.2, 0.25) is 0 Å². The lowest BCUT2D eigenvalue weighted by molar-refractivity contribution is -0.144. The minimum atomic E-state index is -4.99. The summed E-state index contributed by atoms with van der Waals surface area (Å²) in [6, 6.07) is -1.63. The molecule has 8 N–H and O–H groups in total. The van der Waals surface area contributed by atoms with Crippen molar-refractivity contribution < 1.29 is 48.2 Å². The number of carbonyl (C=O) groups is 2. The van der Waals surface area contributed by atoms with Crippen molar-refractivity contribution in [1.82, 2.24) is 19.5 Å². The van der Waals surface area contributed by atoms with E-state index in [-0.39, 0.29) is 17.0 Å². The van der Waals surface area contributed by atoms with Gasteiger partial charge in [0.05, 0.1) is 19.4 Å². The maximum absolute atomic E-state index is 11.9. The number of carbonyl (C=O) groups excluding carboxylic acids is 1. The average Bonchev–Trinajstić information content (AvgIpc) is 3.22. The highest BCUT2D eigenvalue weighted by Crippen LogP contribution is 2.45. The van der Waals surface area contributed by atoms with Gasteiger partial charge in [0.25, 0.3) is 0 Å². The molecule has 0 saturated carbocycles. The highest BCUT2D eigenvalue weighted by Gasteiger charge is 2.45. The number of aliphatic hydroxyl groups is 2. The van der Waals surface area contributed by atoms with Crippen molar-refractivity contribution in [2.45, 2.75) is 37.0 Å². The molecule has 0 bridgehead atoms. The number of rotatable bonds is 8. The monoisotopic (exact) mass is 462 g/mol. The number of carboxylic acid groups (broad SMARTS) is 1. The molecule has 2 aromatic heterocycles. The molecule has 1 unspecified atom stereocenters. The molecule has 16 nitrogen and oxygen atoms in total. The largest absolute Gasteiger partial charge is 0.529 e. The number of phosphoric acid groups is 1. The summed E-state index contributed by atoms with van der Waals surface area (Å²) in [5.74, 6) is -2.80. The highest BCUT2D eigenvalue weighted by molar-refractivity contribution is 7.48. The molecule has 1 fully saturated rings. The molecule has 31 heavy (non-hydrogen) atoms. The lowest BCUT2D eigenvalue weighted by Crippen LogP contribution is -2.34. The van der Waals surface area contributed by atoms with Crippen LogP contribution in [0.3, 0.4) is 0 Å². The Morgan fingerprint density at radius 3 is 2.68 bits per heavy atom. The van der Waals surface area contributed by atoms with E-state index in [1.807, 2.05) is 0 Å². The second-order valence-electron chi connectivity index (χ2n) is 6.51. The first-order valence-electron chi connectivity index (χ1n) is 8.63. The third-order valence-electron chi connectivity index (χ3n) is 4.32. The molecule has 2 aromatic rings. The Kier molecular flexibility index (Phi) is 6.51. The average molecular weight is 462 g/mol. The van der Waals surface area contributed by atoms with E-state index in [0.717, 1.165) is 0 Å². The summed E-state index contributed by atoms with van der Waals surface area (Å²) in [6.45, 7) is -0.759. The second-order valence-corrected chi connectivity index (χ2v) is 7.88. The van der Waals surface area contributed by atoms with Gasteiger partial charge in [0, 0.05) is 0 Å². The lowest BCUT2D eigenvalue weighted by Gasteiger charge is -2.17. The van der Waals surface area contributed by atoms with Gasteiger partial charge in [-0.2, -0.15) is 0 Å². The molecule has 0 amide bonds. The SMILES string of the molecule is Nc1ncnc2c1ncn2[C@@H]1O[C@H](COP(=O)(O)OC(=O)C[C@H](N)C(=O)O)[C@@H](O)[C@H]1O.